The Hall–Kier alpha value is -11.2. The molecule has 8 aromatic heterocycles. The van der Waals surface area contributed by atoms with E-state index in [0.29, 0.717) is 139 Å². The van der Waals surface area contributed by atoms with E-state index < -0.39 is 30.4 Å². The summed E-state index contributed by atoms with van der Waals surface area (Å²) in [6.45, 7) is 9.46. The second kappa shape index (κ2) is 32.1. The molecule has 0 amide bonds. The third-order valence-corrected chi connectivity index (χ3v) is 28.5. The monoisotopic (exact) mass is 1620 g/mol. The van der Waals surface area contributed by atoms with Crippen LogP contribution in [0.25, 0.3) is 87.2 Å². The molecule has 12 heterocycles. The van der Waals surface area contributed by atoms with Gasteiger partial charge in [-0.15, -0.1) is 0 Å². The second-order valence-corrected chi connectivity index (χ2v) is 36.8. The van der Waals surface area contributed by atoms with Crippen molar-refractivity contribution in [2.45, 2.75) is 77.8 Å². The Morgan fingerprint density at radius 3 is 0.733 bits per heavy atom. The van der Waals surface area contributed by atoms with Crippen molar-refractivity contribution >= 4 is 139 Å². The number of fused-ring (bicyclic) bond motifs is 12. The van der Waals surface area contributed by atoms with Gasteiger partial charge in [0.05, 0.1) is 116 Å². The van der Waals surface area contributed by atoms with Crippen molar-refractivity contribution in [3.05, 3.63) is 329 Å². The molecule has 116 heavy (non-hydrogen) atoms. The predicted molar refractivity (Wildman–Crippen MR) is 451 cm³/mol. The van der Waals surface area contributed by atoms with E-state index in [1.54, 1.807) is 97.6 Å². The number of rotatable bonds is 8. The molecule has 4 unspecified atom stereocenters. The highest BCUT2D eigenvalue weighted by molar-refractivity contribution is 7.63. The summed E-state index contributed by atoms with van der Waals surface area (Å²) < 4.78 is 101. The molecule has 4 saturated heterocycles. The number of nitrogens with zero attached hydrogens (tertiary/aromatic N) is 4. The summed E-state index contributed by atoms with van der Waals surface area (Å²) in [4.78, 5) is 78.5. The highest BCUT2D eigenvalue weighted by Gasteiger charge is 2.41. The van der Waals surface area contributed by atoms with Crippen LogP contribution >= 0.6 is 30.4 Å². The molecule has 4 aliphatic rings. The number of aromatic amines is 4. The van der Waals surface area contributed by atoms with Crippen LogP contribution in [-0.4, -0.2) is 66.3 Å². The van der Waals surface area contributed by atoms with Crippen LogP contribution in [0.3, 0.4) is 0 Å². The molecule has 0 radical (unpaired) electrons. The van der Waals surface area contributed by atoms with Crippen molar-refractivity contribution in [3.63, 3.8) is 0 Å². The molecule has 4 N–H and O–H groups in total. The van der Waals surface area contributed by atoms with Gasteiger partial charge in [-0.3, -0.25) is 75.5 Å². The number of hydrogen-bond donors (Lipinski definition) is 4. The van der Waals surface area contributed by atoms with Crippen LogP contribution < -0.4 is 42.9 Å². The maximum atomic E-state index is 13.5. The van der Waals surface area contributed by atoms with Crippen LogP contribution in [0.15, 0.2) is 263 Å². The van der Waals surface area contributed by atoms with Gasteiger partial charge < -0.3 is 38.0 Å². The van der Waals surface area contributed by atoms with Gasteiger partial charge in [-0.05, 0) is 98.5 Å². The normalized spacial score (nSPS) is 22.2. The summed E-state index contributed by atoms with van der Waals surface area (Å²) in [6, 6.07) is 59.3. The molecule has 0 saturated carbocycles. The largest absolute Gasteiger partial charge is 0.363 e. The highest BCUT2D eigenvalue weighted by atomic mass is 31.2. The molecule has 28 heteroatoms. The minimum absolute atomic E-state index is 0.0701. The number of nitrogens with one attached hydrogen (secondary N) is 4. The van der Waals surface area contributed by atoms with Crippen LogP contribution in [-0.2, 0) is 54.5 Å². The third kappa shape index (κ3) is 15.7. The van der Waals surface area contributed by atoms with E-state index in [2.05, 4.69) is 39.9 Å². The van der Waals surface area contributed by atoms with Crippen molar-refractivity contribution in [1.82, 2.24) is 39.9 Å². The molecule has 4 fully saturated rings. The maximum Gasteiger partial charge on any atom is 0.363 e. The summed E-state index contributed by atoms with van der Waals surface area (Å²) in [5, 5.41) is 6.98. The van der Waals surface area contributed by atoms with Gasteiger partial charge >= 0.3 is 30.4 Å². The van der Waals surface area contributed by atoms with E-state index in [-0.39, 0.29) is 46.1 Å². The second-order valence-electron chi connectivity index (χ2n) is 28.9. The Balaban J connectivity index is 0.000000111. The third-order valence-electron chi connectivity index (χ3n) is 20.8. The van der Waals surface area contributed by atoms with Crippen molar-refractivity contribution in [2.24, 2.45) is 0 Å². The molecular formula is C88H76N8O16P4. The Morgan fingerprint density at radius 2 is 0.517 bits per heavy atom. The fourth-order valence-corrected chi connectivity index (χ4v) is 21.9. The summed E-state index contributed by atoms with van der Waals surface area (Å²) >= 11 is 0. The fraction of sp³-hybridized carbons (Fsp3) is 0.182. The van der Waals surface area contributed by atoms with E-state index in [1.165, 1.54) is 49.1 Å². The molecule has 4 aliphatic heterocycles. The number of H-pyrrole nitrogens is 4. The lowest BCUT2D eigenvalue weighted by Gasteiger charge is -2.30. The number of pyridine rings is 8. The van der Waals surface area contributed by atoms with Gasteiger partial charge in [0.25, 0.3) is 0 Å². The number of aryl methyl sites for hydroxylation is 4. The van der Waals surface area contributed by atoms with Gasteiger partial charge in [-0.25, -0.2) is 0 Å². The molecule has 24 nitrogen and oxygen atoms in total. The van der Waals surface area contributed by atoms with Crippen LogP contribution in [0.2, 0.25) is 0 Å². The zero-order chi connectivity index (χ0) is 80.0. The first-order chi connectivity index (χ1) is 56.1. The average Bonchev–Trinajstić information content (AvgIpc) is 0.772. The first kappa shape index (κ1) is 77.4. The van der Waals surface area contributed by atoms with E-state index in [9.17, 15) is 37.4 Å². The first-order valence-corrected chi connectivity index (χ1v) is 43.9. The van der Waals surface area contributed by atoms with Gasteiger partial charge in [0.1, 0.15) is 0 Å². The van der Waals surface area contributed by atoms with E-state index in [1.807, 2.05) is 125 Å². The number of benzene rings is 8. The van der Waals surface area contributed by atoms with Gasteiger partial charge in [-0.2, -0.15) is 0 Å². The van der Waals surface area contributed by atoms with E-state index in [4.69, 9.17) is 36.2 Å². The Morgan fingerprint density at radius 1 is 0.293 bits per heavy atom. The Bertz CT molecular complexity index is 6220. The molecular weight excluding hydrogens is 1550 g/mol. The van der Waals surface area contributed by atoms with Crippen LogP contribution in [0.5, 0.6) is 0 Å². The summed E-state index contributed by atoms with van der Waals surface area (Å²) in [7, 11) is -14.0. The lowest BCUT2D eigenvalue weighted by Crippen LogP contribution is -2.20. The highest BCUT2D eigenvalue weighted by Crippen LogP contribution is 2.59. The maximum absolute atomic E-state index is 13.5. The lowest BCUT2D eigenvalue weighted by molar-refractivity contribution is 0.0869. The minimum Gasteiger partial charge on any atom is -0.359 e. The lowest BCUT2D eigenvalue weighted by atomic mass is 10.0. The fourth-order valence-electron chi connectivity index (χ4n) is 15.0. The van der Waals surface area contributed by atoms with E-state index in [0.717, 1.165) is 66.1 Å². The van der Waals surface area contributed by atoms with Crippen molar-refractivity contribution in [3.8, 4) is 0 Å². The number of aromatic nitrogens is 8. The molecule has 0 spiro atoms. The SMILES string of the molecule is Cc1cccc([C@@H]2CCOP(=O)(c3cnc4c(ccc5c(=O)cc[nH]c54)c3)O2)c1.Cc1cccc([C@@H]2CCOP(=O)(c3cnc4c(ccc5c(=O)cc[nH]c54)c3)O2)c1.Cc1cccc([C@H]2CCOP(=O)(c3cnc4c(ccc5c(=O)cc[nH]c54)c3)O2)c1.Cc1cccc([C@H]2CCOP(=O)(c3cnc4c(ccc5c(=O)cc[nH]c54)c3)O2)c1. The average molecular weight is 1630 g/mol. The molecule has 584 valence electrons. The molecule has 16 aromatic rings. The molecule has 0 bridgehead atoms. The van der Waals surface area contributed by atoms with Gasteiger partial charge in [0, 0.05) is 143 Å². The smallest absolute Gasteiger partial charge is 0.359 e. The number of hydrogen-bond acceptors (Lipinski definition) is 20. The summed E-state index contributed by atoms with van der Waals surface area (Å²) in [6.07, 6.45) is 13.9. The van der Waals surface area contributed by atoms with Crippen molar-refractivity contribution in [1.29, 1.82) is 0 Å². The zero-order valence-electron chi connectivity index (χ0n) is 63.2. The van der Waals surface area contributed by atoms with Gasteiger partial charge in [-0.1, -0.05) is 144 Å². The summed E-state index contributed by atoms with van der Waals surface area (Å²) in [5.41, 5.74) is 13.4. The topological polar surface area (TPSA) is 325 Å². The van der Waals surface area contributed by atoms with Crippen LogP contribution in [0, 0.1) is 27.7 Å². The minimum atomic E-state index is -3.51. The first-order valence-electron chi connectivity index (χ1n) is 37.7. The quantitative estimate of drug-likeness (QED) is 0.0811. The van der Waals surface area contributed by atoms with Gasteiger partial charge in [0.2, 0.25) is 0 Å². The van der Waals surface area contributed by atoms with Crippen molar-refractivity contribution in [2.75, 3.05) is 26.4 Å². The van der Waals surface area contributed by atoms with Gasteiger partial charge in [0.15, 0.2) is 21.7 Å². The van der Waals surface area contributed by atoms with Crippen molar-refractivity contribution < 1.29 is 54.5 Å². The van der Waals surface area contributed by atoms with E-state index >= 15 is 0 Å². The Labute approximate surface area is 662 Å². The molecule has 8 atom stereocenters. The predicted octanol–water partition coefficient (Wildman–Crippen LogP) is 17.5. The van der Waals surface area contributed by atoms with Crippen LogP contribution in [0.1, 0.15) is 94.6 Å². The zero-order valence-corrected chi connectivity index (χ0v) is 66.7. The summed E-state index contributed by atoms with van der Waals surface area (Å²) in [5.74, 6) is 0. The standard InChI is InChI=1S/4C22H19N2O4P/c4*1-14-3-2-4-15(11-14)20-8-10-27-29(26,28-20)17-12-16-5-6-18-19(25)7-9-23-22(18)21(16)24-13-17/h4*2-7,9,11-13,20H,8,10H2,1H3,(H,23,25)/t4*20-,29?/m1100/s1. The molecule has 0 aliphatic carbocycles. The Kier molecular flexibility index (Phi) is 21.5. The molecule has 20 rings (SSSR count). The molecule has 8 aromatic carbocycles. The van der Waals surface area contributed by atoms with Crippen LogP contribution in [0.4, 0.5) is 0 Å².